The lowest BCUT2D eigenvalue weighted by Gasteiger charge is -2.48. The third kappa shape index (κ3) is 12.7. The molecular weight excluding hydrogens is 874 g/mol. The maximum absolute atomic E-state index is 13.9. The van der Waals surface area contributed by atoms with Crippen molar-refractivity contribution in [3.8, 4) is 0 Å². The Morgan fingerprint density at radius 2 is 1.58 bits per heavy atom. The molecule has 2 aliphatic heterocycles. The van der Waals surface area contributed by atoms with Gasteiger partial charge in [0.05, 0.1) is 30.4 Å². The molecule has 3 heterocycles. The number of H-pyrrole nitrogens is 2. The third-order valence-corrected chi connectivity index (χ3v) is 12.5. The molecule has 2 amide bonds. The molecule has 23 heteroatoms. The standard InChI is InChI=1S/C43H61N5O18/c1-20-30(51)32(53)33(54)41(61-20)66-34-24(46-38(56)25-18-29(50)48-43(60)47-25)16-23(37(55)45-14-13-44-2)17-26(34)63-42-36(65-40(59)22-11-7-4-8-12-22)35(31(52)28(19-49)64-42)62-27(39(57)58)15-21-9-5-3-6-10-21/h4,7-8,11-12,18,20-21,23-24,26-28,30-36,41-42,44,49,51-54H,3,5-6,9-10,13-17,19H2,1-2H3,(H,45,55)(H,46,56)(H,57,58)(H2,47,48,50,60)/t20?,23?,24?,26?,27-,28?,30?,31?,32?,33?,34?,35?,36?,41?,42?/m0/s1. The molecule has 2 aliphatic carbocycles. The fraction of sp³-hybridized carbons (Fsp3) is 0.674. The first kappa shape index (κ1) is 50.7. The molecule has 0 bridgehead atoms. The Labute approximate surface area is 378 Å². The number of carbonyl (C=O) groups excluding carboxylic acids is 3. The first-order chi connectivity index (χ1) is 31.6. The maximum atomic E-state index is 13.9. The highest BCUT2D eigenvalue weighted by atomic mass is 16.7. The van der Waals surface area contributed by atoms with Gasteiger partial charge in [-0.3, -0.25) is 19.4 Å². The summed E-state index contributed by atoms with van der Waals surface area (Å²) in [5.41, 5.74) is -2.34. The highest BCUT2D eigenvalue weighted by Crippen LogP contribution is 2.38. The summed E-state index contributed by atoms with van der Waals surface area (Å²) in [4.78, 5) is 83.0. The Kier molecular flexibility index (Phi) is 18.0. The molecule has 4 fully saturated rings. The van der Waals surface area contributed by atoms with Gasteiger partial charge in [-0.2, -0.15) is 0 Å². The van der Waals surface area contributed by atoms with Crippen molar-refractivity contribution in [1.82, 2.24) is 25.9 Å². The number of aliphatic hydroxyl groups is 5. The summed E-state index contributed by atoms with van der Waals surface area (Å²) >= 11 is 0. The predicted octanol–water partition coefficient (Wildman–Crippen LogP) is -2.38. The number of likely N-dealkylation sites (N-methyl/N-ethyl adjacent to an activating group) is 1. The summed E-state index contributed by atoms with van der Waals surface area (Å²) in [5.74, 6) is -4.90. The number of carbonyl (C=O) groups is 4. The quantitative estimate of drug-likeness (QED) is 0.0549. The SMILES string of the molecule is CNCCNC(=O)C1CC(NC(=O)c2cc(=O)[nH]c(=O)[nH]2)C(OC2OC(C)C(O)C(O)C2O)C(OC2OC(CO)C(O)C(O[C@@H](CC3CCCCC3)C(=O)O)C2OC(=O)c2ccccc2)C1. The number of hydrogen-bond donors (Lipinski definition) is 11. The Hall–Kier alpha value is -4.66. The predicted molar refractivity (Wildman–Crippen MR) is 226 cm³/mol. The number of aliphatic hydroxyl groups excluding tert-OH is 5. The summed E-state index contributed by atoms with van der Waals surface area (Å²) in [6.07, 6.45) is -17.4. The van der Waals surface area contributed by atoms with Crippen LogP contribution < -0.4 is 27.2 Å². The Morgan fingerprint density at radius 3 is 2.24 bits per heavy atom. The first-order valence-corrected chi connectivity index (χ1v) is 22.2. The molecule has 2 saturated heterocycles. The van der Waals surface area contributed by atoms with E-state index in [0.717, 1.165) is 38.2 Å². The van der Waals surface area contributed by atoms with Crippen LogP contribution in [0.3, 0.4) is 0 Å². The van der Waals surface area contributed by atoms with E-state index in [9.17, 15) is 59.4 Å². The number of ether oxygens (including phenoxy) is 6. The lowest BCUT2D eigenvalue weighted by molar-refractivity contribution is -0.347. The minimum atomic E-state index is -1.89. The molecule has 14 unspecified atom stereocenters. The van der Waals surface area contributed by atoms with Gasteiger partial charge in [0, 0.05) is 25.1 Å². The average molecular weight is 936 g/mol. The van der Waals surface area contributed by atoms with E-state index >= 15 is 0 Å². The zero-order valence-corrected chi connectivity index (χ0v) is 36.6. The van der Waals surface area contributed by atoms with Crippen LogP contribution in [0.4, 0.5) is 0 Å². The average Bonchev–Trinajstić information content (AvgIpc) is 3.29. The summed E-state index contributed by atoms with van der Waals surface area (Å²) in [6.45, 7) is 1.08. The molecule has 23 nitrogen and oxygen atoms in total. The number of carboxylic acids is 1. The van der Waals surface area contributed by atoms with Gasteiger partial charge in [0.15, 0.2) is 24.8 Å². The van der Waals surface area contributed by atoms with Crippen LogP contribution in [0.25, 0.3) is 0 Å². The Balaban J connectivity index is 1.42. The molecule has 1 aromatic heterocycles. The van der Waals surface area contributed by atoms with Crippen molar-refractivity contribution in [2.75, 3.05) is 26.7 Å². The van der Waals surface area contributed by atoms with E-state index in [1.807, 2.05) is 4.98 Å². The third-order valence-electron chi connectivity index (χ3n) is 12.5. The van der Waals surface area contributed by atoms with Crippen LogP contribution in [0.2, 0.25) is 0 Å². The second-order valence-corrected chi connectivity index (χ2v) is 17.2. The molecule has 15 atom stereocenters. The topological polar surface area (TPSA) is 347 Å². The van der Waals surface area contributed by atoms with Crippen LogP contribution in [0.15, 0.2) is 46.0 Å². The van der Waals surface area contributed by atoms with Crippen LogP contribution in [0.1, 0.15) is 79.1 Å². The molecule has 66 heavy (non-hydrogen) atoms. The number of rotatable bonds is 18. The van der Waals surface area contributed by atoms with E-state index in [1.54, 1.807) is 25.2 Å². The van der Waals surface area contributed by atoms with Gasteiger partial charge in [-0.25, -0.2) is 14.4 Å². The number of amides is 2. The highest BCUT2D eigenvalue weighted by Gasteiger charge is 2.54. The fourth-order valence-electron chi connectivity index (χ4n) is 8.95. The molecule has 2 aromatic rings. The number of aliphatic carboxylic acids is 1. The van der Waals surface area contributed by atoms with Gasteiger partial charge in [-0.15, -0.1) is 0 Å². The van der Waals surface area contributed by atoms with Crippen molar-refractivity contribution in [3.63, 3.8) is 0 Å². The van der Waals surface area contributed by atoms with Gasteiger partial charge in [0.2, 0.25) is 5.91 Å². The summed E-state index contributed by atoms with van der Waals surface area (Å²) in [7, 11) is 1.68. The van der Waals surface area contributed by atoms with Crippen LogP contribution in [-0.4, -0.2) is 177 Å². The number of aromatic nitrogens is 2. The van der Waals surface area contributed by atoms with Gasteiger partial charge in [0.1, 0.15) is 48.4 Å². The van der Waals surface area contributed by atoms with E-state index in [1.165, 1.54) is 19.1 Å². The normalized spacial score (nSPS) is 33.3. The number of carboxylic acid groups (broad SMARTS) is 1. The molecule has 0 radical (unpaired) electrons. The number of benzene rings is 1. The lowest BCUT2D eigenvalue weighted by Crippen LogP contribution is -2.65. The molecular formula is C43H61N5O18. The molecule has 11 N–H and O–H groups in total. The molecule has 6 rings (SSSR count). The van der Waals surface area contributed by atoms with Gasteiger partial charge in [-0.1, -0.05) is 50.3 Å². The van der Waals surface area contributed by atoms with E-state index < -0.39 is 139 Å². The molecule has 2 saturated carbocycles. The van der Waals surface area contributed by atoms with Crippen LogP contribution in [0.5, 0.6) is 0 Å². The summed E-state index contributed by atoms with van der Waals surface area (Å²) in [6, 6.07) is 7.16. The largest absolute Gasteiger partial charge is 0.479 e. The summed E-state index contributed by atoms with van der Waals surface area (Å²) in [5, 5.41) is 73.4. The van der Waals surface area contributed by atoms with Crippen molar-refractivity contribution in [3.05, 3.63) is 68.5 Å². The minimum Gasteiger partial charge on any atom is -0.479 e. The van der Waals surface area contributed by atoms with Crippen LogP contribution in [0, 0.1) is 11.8 Å². The second-order valence-electron chi connectivity index (χ2n) is 17.2. The van der Waals surface area contributed by atoms with Gasteiger partial charge in [0.25, 0.3) is 11.5 Å². The second kappa shape index (κ2) is 23.4. The van der Waals surface area contributed by atoms with Gasteiger partial charge in [-0.05, 0) is 51.3 Å². The lowest BCUT2D eigenvalue weighted by atomic mass is 9.80. The van der Waals surface area contributed by atoms with Crippen molar-refractivity contribution < 1.29 is 78.2 Å². The molecule has 366 valence electrons. The number of nitrogens with one attached hydrogen (secondary N) is 5. The summed E-state index contributed by atoms with van der Waals surface area (Å²) < 4.78 is 37.1. The zero-order valence-electron chi connectivity index (χ0n) is 36.6. The molecule has 4 aliphatic rings. The smallest absolute Gasteiger partial charge is 0.338 e. The van der Waals surface area contributed by atoms with E-state index in [2.05, 4.69) is 20.9 Å². The van der Waals surface area contributed by atoms with Crippen LogP contribution >= 0.6 is 0 Å². The first-order valence-electron chi connectivity index (χ1n) is 22.2. The van der Waals surface area contributed by atoms with Gasteiger partial charge >= 0.3 is 17.6 Å². The van der Waals surface area contributed by atoms with Crippen molar-refractivity contribution >= 4 is 23.8 Å². The van der Waals surface area contributed by atoms with Crippen molar-refractivity contribution in [1.29, 1.82) is 0 Å². The Morgan fingerprint density at radius 1 is 0.848 bits per heavy atom. The van der Waals surface area contributed by atoms with E-state index in [0.29, 0.717) is 6.54 Å². The monoisotopic (exact) mass is 935 g/mol. The number of esters is 1. The van der Waals surface area contributed by atoms with E-state index in [4.69, 9.17) is 28.4 Å². The zero-order chi connectivity index (χ0) is 47.7. The number of aromatic amines is 2. The van der Waals surface area contributed by atoms with Gasteiger partial charge < -0.3 is 80.0 Å². The van der Waals surface area contributed by atoms with Crippen molar-refractivity contribution in [2.24, 2.45) is 11.8 Å². The maximum Gasteiger partial charge on any atom is 0.338 e. The van der Waals surface area contributed by atoms with Crippen LogP contribution in [-0.2, 0) is 38.0 Å². The fourth-order valence-corrected chi connectivity index (χ4v) is 8.95. The highest BCUT2D eigenvalue weighted by molar-refractivity contribution is 5.92. The molecule has 0 spiro atoms. The molecule has 1 aromatic carbocycles. The minimum absolute atomic E-state index is 0.0295. The van der Waals surface area contributed by atoms with E-state index in [-0.39, 0.29) is 37.3 Å². The van der Waals surface area contributed by atoms with Crippen molar-refractivity contribution in [2.45, 2.75) is 144 Å². The Bertz CT molecular complexity index is 2020. The number of hydrogen-bond acceptors (Lipinski definition) is 18.